The number of nitrogens with two attached hydrogens (primary N) is 1. The number of rotatable bonds is 6. The summed E-state index contributed by atoms with van der Waals surface area (Å²) in [5, 5.41) is 0. The van der Waals surface area contributed by atoms with E-state index in [4.69, 9.17) is 19.6 Å². The first-order chi connectivity index (χ1) is 12.1. The molecule has 1 atom stereocenters. The average molecular weight is 340 g/mol. The van der Waals surface area contributed by atoms with E-state index in [0.29, 0.717) is 29.2 Å². The second kappa shape index (κ2) is 7.36. The monoisotopic (exact) mass is 340 g/mol. The summed E-state index contributed by atoms with van der Waals surface area (Å²) < 4.78 is 16.1. The first kappa shape index (κ1) is 17.0. The quantitative estimate of drug-likeness (QED) is 0.694. The zero-order valence-corrected chi connectivity index (χ0v) is 14.2. The minimum atomic E-state index is -0.523. The molecule has 0 fully saturated rings. The smallest absolute Gasteiger partial charge is 0.344 e. The van der Waals surface area contributed by atoms with Gasteiger partial charge < -0.3 is 19.6 Å². The summed E-state index contributed by atoms with van der Waals surface area (Å²) in [6.45, 7) is 1.98. The van der Waals surface area contributed by atoms with Gasteiger partial charge in [0.15, 0.2) is 11.5 Å². The van der Waals surface area contributed by atoms with Crippen LogP contribution in [0, 0.1) is 6.92 Å². The van der Waals surface area contributed by atoms with Crippen molar-refractivity contribution in [3.8, 4) is 5.75 Å². The fraction of sp³-hybridized carbons (Fsp3) is 0.263. The third kappa shape index (κ3) is 3.80. The number of aryl methyl sites for hydroxylation is 1. The molecule has 0 amide bonds. The Morgan fingerprint density at radius 3 is 2.72 bits per heavy atom. The summed E-state index contributed by atoms with van der Waals surface area (Å²) >= 11 is 0. The highest BCUT2D eigenvalue weighted by Gasteiger charge is 2.21. The van der Waals surface area contributed by atoms with Gasteiger partial charge in [0.05, 0.1) is 7.11 Å². The number of hydrogen-bond donors (Lipinski definition) is 1. The normalized spacial score (nSPS) is 12.1. The van der Waals surface area contributed by atoms with E-state index in [-0.39, 0.29) is 18.2 Å². The number of carbonyl (C=O) groups is 1. The maximum Gasteiger partial charge on any atom is 0.344 e. The molecule has 0 bridgehead atoms. The van der Waals surface area contributed by atoms with Crippen molar-refractivity contribution in [1.82, 2.24) is 4.98 Å². The lowest BCUT2D eigenvalue weighted by Crippen LogP contribution is -2.30. The Balaban J connectivity index is 1.79. The van der Waals surface area contributed by atoms with E-state index in [1.165, 1.54) is 7.11 Å². The second-order valence-electron chi connectivity index (χ2n) is 5.77. The van der Waals surface area contributed by atoms with Gasteiger partial charge in [-0.25, -0.2) is 9.78 Å². The lowest BCUT2D eigenvalue weighted by atomic mass is 10.1. The Morgan fingerprint density at radius 1 is 1.24 bits per heavy atom. The average Bonchev–Trinajstić information content (AvgIpc) is 2.99. The van der Waals surface area contributed by atoms with Crippen LogP contribution in [0.3, 0.4) is 0 Å². The summed E-state index contributed by atoms with van der Waals surface area (Å²) in [7, 11) is 1.32. The van der Waals surface area contributed by atoms with Crippen molar-refractivity contribution in [3.63, 3.8) is 0 Å². The highest BCUT2D eigenvalue weighted by molar-refractivity contribution is 6.04. The van der Waals surface area contributed by atoms with Gasteiger partial charge in [0.2, 0.25) is 0 Å². The lowest BCUT2D eigenvalue weighted by Gasteiger charge is -2.15. The summed E-state index contributed by atoms with van der Waals surface area (Å²) in [4.78, 5) is 16.4. The van der Waals surface area contributed by atoms with Crippen molar-refractivity contribution in [1.29, 1.82) is 0 Å². The van der Waals surface area contributed by atoms with Crippen LogP contribution in [-0.2, 0) is 11.2 Å². The molecule has 0 saturated heterocycles. The van der Waals surface area contributed by atoms with Crippen LogP contribution in [0.15, 0.2) is 46.9 Å². The van der Waals surface area contributed by atoms with E-state index in [1.54, 1.807) is 19.1 Å². The number of carbonyl (C=O) groups excluding carboxylic acids is 1. The number of nitrogens with zero attached hydrogens (tertiary/aromatic N) is 1. The van der Waals surface area contributed by atoms with Crippen LogP contribution in [0.1, 0.15) is 21.8 Å². The minimum Gasteiger partial charge on any atom is -0.491 e. The number of oxazole rings is 1. The number of methoxy groups -OCH3 is 1. The SMILES string of the molecule is COC(=O)c1c(OC[C@H](N)Cc2ccccc2)ccc2oc(C)nc12. The van der Waals surface area contributed by atoms with E-state index in [9.17, 15) is 4.79 Å². The topological polar surface area (TPSA) is 87.6 Å². The van der Waals surface area contributed by atoms with Gasteiger partial charge in [-0.3, -0.25) is 0 Å². The largest absolute Gasteiger partial charge is 0.491 e. The number of fused-ring (bicyclic) bond motifs is 1. The number of benzene rings is 2. The predicted octanol–water partition coefficient (Wildman–Crippen LogP) is 2.87. The number of esters is 1. The molecule has 0 aliphatic rings. The van der Waals surface area contributed by atoms with Crippen LogP contribution in [0.2, 0.25) is 0 Å². The fourth-order valence-electron chi connectivity index (χ4n) is 2.68. The summed E-state index contributed by atoms with van der Waals surface area (Å²) in [6.07, 6.45) is 0.680. The van der Waals surface area contributed by atoms with E-state index in [1.807, 2.05) is 30.3 Å². The Labute approximate surface area is 145 Å². The van der Waals surface area contributed by atoms with Crippen LogP contribution in [0.5, 0.6) is 5.75 Å². The van der Waals surface area contributed by atoms with Crippen LogP contribution in [0.25, 0.3) is 11.1 Å². The third-order valence-corrected chi connectivity index (χ3v) is 3.81. The molecule has 1 aromatic heterocycles. The number of aromatic nitrogens is 1. The first-order valence-electron chi connectivity index (χ1n) is 7.99. The van der Waals surface area contributed by atoms with E-state index >= 15 is 0 Å². The maximum absolute atomic E-state index is 12.2. The van der Waals surface area contributed by atoms with Gasteiger partial charge in [-0.2, -0.15) is 0 Å². The molecule has 0 spiro atoms. The third-order valence-electron chi connectivity index (χ3n) is 3.81. The van der Waals surface area contributed by atoms with Gasteiger partial charge in [-0.1, -0.05) is 30.3 Å². The maximum atomic E-state index is 12.2. The van der Waals surface area contributed by atoms with Gasteiger partial charge in [0, 0.05) is 13.0 Å². The molecule has 0 aliphatic carbocycles. The van der Waals surface area contributed by atoms with Crippen molar-refractivity contribution in [2.24, 2.45) is 5.73 Å². The number of ether oxygens (including phenoxy) is 2. The molecule has 25 heavy (non-hydrogen) atoms. The highest BCUT2D eigenvalue weighted by atomic mass is 16.5. The summed E-state index contributed by atoms with van der Waals surface area (Å²) in [5.74, 6) is 0.333. The summed E-state index contributed by atoms with van der Waals surface area (Å²) in [6, 6.07) is 13.1. The van der Waals surface area contributed by atoms with Crippen molar-refractivity contribution < 1.29 is 18.7 Å². The molecule has 130 valence electrons. The number of hydrogen-bond acceptors (Lipinski definition) is 6. The van der Waals surface area contributed by atoms with Crippen LogP contribution >= 0.6 is 0 Å². The Bertz CT molecular complexity index is 874. The summed E-state index contributed by atoms with van der Waals surface area (Å²) in [5.41, 5.74) is 8.48. The molecule has 2 N–H and O–H groups in total. The molecule has 3 aromatic rings. The van der Waals surface area contributed by atoms with Crippen molar-refractivity contribution in [2.45, 2.75) is 19.4 Å². The van der Waals surface area contributed by atoms with E-state index in [0.717, 1.165) is 5.56 Å². The molecule has 6 heteroatoms. The first-order valence-corrected chi connectivity index (χ1v) is 7.99. The molecule has 6 nitrogen and oxygen atoms in total. The van der Waals surface area contributed by atoms with Gasteiger partial charge in [-0.15, -0.1) is 0 Å². The zero-order chi connectivity index (χ0) is 17.8. The van der Waals surface area contributed by atoms with Crippen molar-refractivity contribution in [3.05, 3.63) is 59.5 Å². The van der Waals surface area contributed by atoms with Crippen molar-refractivity contribution >= 4 is 17.1 Å². The molecule has 3 rings (SSSR count). The molecule has 0 unspecified atom stereocenters. The molecule has 0 saturated carbocycles. The molecule has 1 heterocycles. The van der Waals surface area contributed by atoms with Gasteiger partial charge in [-0.05, 0) is 24.1 Å². The van der Waals surface area contributed by atoms with E-state index in [2.05, 4.69) is 4.98 Å². The van der Waals surface area contributed by atoms with Gasteiger partial charge in [0.1, 0.15) is 23.4 Å². The standard InChI is InChI=1S/C19H20N2O4/c1-12-21-18-16(25-12)9-8-15(17(18)19(22)23-2)24-11-14(20)10-13-6-4-3-5-7-13/h3-9,14H,10-11,20H2,1-2H3/t14-/m1/s1. The minimum absolute atomic E-state index is 0.206. The lowest BCUT2D eigenvalue weighted by molar-refractivity contribution is 0.0598. The van der Waals surface area contributed by atoms with Crippen LogP contribution < -0.4 is 10.5 Å². The van der Waals surface area contributed by atoms with Crippen molar-refractivity contribution in [2.75, 3.05) is 13.7 Å². The molecular weight excluding hydrogens is 320 g/mol. The molecular formula is C19H20N2O4. The Morgan fingerprint density at radius 2 is 2.00 bits per heavy atom. The van der Waals surface area contributed by atoms with Crippen LogP contribution in [0.4, 0.5) is 0 Å². The Kier molecular flexibility index (Phi) is 5.00. The molecule has 0 aliphatic heterocycles. The predicted molar refractivity (Wildman–Crippen MR) is 93.7 cm³/mol. The molecule has 2 aromatic carbocycles. The fourth-order valence-corrected chi connectivity index (χ4v) is 2.68. The zero-order valence-electron chi connectivity index (χ0n) is 14.2. The van der Waals surface area contributed by atoms with E-state index < -0.39 is 5.97 Å². The van der Waals surface area contributed by atoms with Gasteiger partial charge >= 0.3 is 5.97 Å². The van der Waals surface area contributed by atoms with Crippen LogP contribution in [-0.4, -0.2) is 30.7 Å². The second-order valence-corrected chi connectivity index (χ2v) is 5.77. The Hall–Kier alpha value is -2.86. The highest BCUT2D eigenvalue weighted by Crippen LogP contribution is 2.29. The molecule has 0 radical (unpaired) electrons. The van der Waals surface area contributed by atoms with Gasteiger partial charge in [0.25, 0.3) is 0 Å².